The summed E-state index contributed by atoms with van der Waals surface area (Å²) in [4.78, 5) is 15.6. The van der Waals surface area contributed by atoms with Crippen LogP contribution in [0.15, 0.2) is 23.2 Å². The standard InChI is InChI=1S/C17H18ClNO6S/c1-26(22,23)16-11(9-25-8-10-2-3-24-7-10)4-14(17(20)21)15-13(16)5-12(18)6-19-15/h4-6,10H,2-3,7-9H2,1H3,(H,20,21). The van der Waals surface area contributed by atoms with Gasteiger partial charge in [-0.05, 0) is 24.1 Å². The first kappa shape index (κ1) is 19.0. The summed E-state index contributed by atoms with van der Waals surface area (Å²) in [7, 11) is -3.66. The molecule has 0 spiro atoms. The molecule has 3 rings (SSSR count). The van der Waals surface area contributed by atoms with Crippen molar-refractivity contribution in [3.8, 4) is 0 Å². The first-order valence-corrected chi connectivity index (χ1v) is 10.2. The molecular formula is C17H18ClNO6S. The molecule has 2 aromatic rings. The maximum absolute atomic E-state index is 12.4. The van der Waals surface area contributed by atoms with Crippen LogP contribution in [0.4, 0.5) is 0 Å². The summed E-state index contributed by atoms with van der Waals surface area (Å²) in [5, 5.41) is 9.89. The number of halogens is 1. The van der Waals surface area contributed by atoms with Crippen LogP contribution in [-0.4, -0.2) is 50.6 Å². The van der Waals surface area contributed by atoms with Gasteiger partial charge in [0.05, 0.1) is 40.8 Å². The summed E-state index contributed by atoms with van der Waals surface area (Å²) in [6.07, 6.45) is 3.24. The van der Waals surface area contributed by atoms with Gasteiger partial charge < -0.3 is 14.6 Å². The Bertz CT molecular complexity index is 953. The highest BCUT2D eigenvalue weighted by Crippen LogP contribution is 2.31. The van der Waals surface area contributed by atoms with E-state index >= 15 is 0 Å². The molecule has 1 fully saturated rings. The number of nitrogens with zero attached hydrogens (tertiary/aromatic N) is 1. The smallest absolute Gasteiger partial charge is 0.337 e. The molecular weight excluding hydrogens is 382 g/mol. The maximum atomic E-state index is 12.4. The number of carbonyl (C=O) groups is 1. The van der Waals surface area contributed by atoms with E-state index in [1.54, 1.807) is 0 Å². The van der Waals surface area contributed by atoms with Crippen molar-refractivity contribution in [1.82, 2.24) is 4.98 Å². The Morgan fingerprint density at radius 3 is 2.85 bits per heavy atom. The van der Waals surface area contributed by atoms with Crippen molar-refractivity contribution < 1.29 is 27.8 Å². The number of hydrogen-bond acceptors (Lipinski definition) is 6. The van der Waals surface area contributed by atoms with E-state index in [0.717, 1.165) is 12.7 Å². The quantitative estimate of drug-likeness (QED) is 0.796. The van der Waals surface area contributed by atoms with Crippen LogP contribution in [0.1, 0.15) is 22.3 Å². The van der Waals surface area contributed by atoms with E-state index in [4.69, 9.17) is 21.1 Å². The highest BCUT2D eigenvalue weighted by atomic mass is 35.5. The van der Waals surface area contributed by atoms with E-state index in [9.17, 15) is 18.3 Å². The Labute approximate surface area is 155 Å². The first-order valence-electron chi connectivity index (χ1n) is 7.97. The van der Waals surface area contributed by atoms with Crippen molar-refractivity contribution in [1.29, 1.82) is 0 Å². The molecule has 1 N–H and O–H groups in total. The Hall–Kier alpha value is -1.74. The highest BCUT2D eigenvalue weighted by Gasteiger charge is 2.24. The lowest BCUT2D eigenvalue weighted by Gasteiger charge is -2.15. The minimum absolute atomic E-state index is 0.00447. The van der Waals surface area contributed by atoms with Crippen molar-refractivity contribution >= 4 is 38.3 Å². The van der Waals surface area contributed by atoms with Gasteiger partial charge in [-0.2, -0.15) is 0 Å². The molecule has 0 amide bonds. The van der Waals surface area contributed by atoms with Gasteiger partial charge in [0.25, 0.3) is 0 Å². The zero-order chi connectivity index (χ0) is 18.9. The van der Waals surface area contributed by atoms with Crippen molar-refractivity contribution in [3.05, 3.63) is 34.5 Å². The van der Waals surface area contributed by atoms with Crippen molar-refractivity contribution in [2.45, 2.75) is 17.9 Å². The number of ether oxygens (including phenoxy) is 2. The van der Waals surface area contributed by atoms with Gasteiger partial charge in [0, 0.05) is 30.4 Å². The van der Waals surface area contributed by atoms with Gasteiger partial charge in [-0.25, -0.2) is 13.2 Å². The molecule has 26 heavy (non-hydrogen) atoms. The lowest BCUT2D eigenvalue weighted by molar-refractivity contribution is 0.0696. The fraction of sp³-hybridized carbons (Fsp3) is 0.412. The second-order valence-corrected chi connectivity index (χ2v) is 8.67. The van der Waals surface area contributed by atoms with Gasteiger partial charge in [-0.1, -0.05) is 11.6 Å². The molecule has 1 aromatic heterocycles. The molecule has 1 saturated heterocycles. The summed E-state index contributed by atoms with van der Waals surface area (Å²) >= 11 is 5.97. The van der Waals surface area contributed by atoms with Gasteiger partial charge in [0.1, 0.15) is 0 Å². The van der Waals surface area contributed by atoms with Gasteiger partial charge in [0.2, 0.25) is 0 Å². The number of sulfone groups is 1. The van der Waals surface area contributed by atoms with Gasteiger partial charge in [-0.15, -0.1) is 0 Å². The number of aromatic nitrogens is 1. The second kappa shape index (κ2) is 7.48. The van der Waals surface area contributed by atoms with Crippen LogP contribution in [0.5, 0.6) is 0 Å². The van der Waals surface area contributed by atoms with Crippen LogP contribution in [0.3, 0.4) is 0 Å². The SMILES string of the molecule is CS(=O)(=O)c1c(COCC2CCOC2)cc(C(=O)O)c2ncc(Cl)cc12. The van der Waals surface area contributed by atoms with Crippen molar-refractivity contribution in [3.63, 3.8) is 0 Å². The fourth-order valence-corrected chi connectivity index (χ4v) is 4.37. The summed E-state index contributed by atoms with van der Waals surface area (Å²) in [6.45, 7) is 1.68. The van der Waals surface area contributed by atoms with Crippen LogP contribution in [-0.2, 0) is 25.9 Å². The van der Waals surface area contributed by atoms with Crippen molar-refractivity contribution in [2.75, 3.05) is 26.1 Å². The van der Waals surface area contributed by atoms with Crippen LogP contribution in [0.25, 0.3) is 10.9 Å². The zero-order valence-corrected chi connectivity index (χ0v) is 15.6. The first-order chi connectivity index (χ1) is 12.3. The summed E-state index contributed by atoms with van der Waals surface area (Å²) < 4.78 is 35.7. The Balaban J connectivity index is 2.08. The number of aromatic carboxylic acids is 1. The maximum Gasteiger partial charge on any atom is 0.337 e. The van der Waals surface area contributed by atoms with Gasteiger partial charge in [0.15, 0.2) is 9.84 Å². The highest BCUT2D eigenvalue weighted by molar-refractivity contribution is 7.91. The van der Waals surface area contributed by atoms with E-state index < -0.39 is 15.8 Å². The summed E-state index contributed by atoms with van der Waals surface area (Å²) in [6, 6.07) is 2.73. The van der Waals surface area contributed by atoms with Crippen LogP contribution >= 0.6 is 11.6 Å². The van der Waals surface area contributed by atoms with Gasteiger partial charge >= 0.3 is 5.97 Å². The van der Waals surface area contributed by atoms with Crippen molar-refractivity contribution in [2.24, 2.45) is 5.92 Å². The molecule has 1 aliphatic rings. The van der Waals surface area contributed by atoms with E-state index in [1.165, 1.54) is 18.3 Å². The minimum Gasteiger partial charge on any atom is -0.478 e. The summed E-state index contributed by atoms with van der Waals surface area (Å²) in [5.41, 5.74) is 0.266. The van der Waals surface area contributed by atoms with Crippen LogP contribution in [0.2, 0.25) is 5.02 Å². The average molecular weight is 400 g/mol. The molecule has 0 saturated carbocycles. The molecule has 0 radical (unpaired) electrons. The topological polar surface area (TPSA) is 103 Å². The number of carboxylic acids is 1. The van der Waals surface area contributed by atoms with Gasteiger partial charge in [-0.3, -0.25) is 4.98 Å². The predicted molar refractivity (Wildman–Crippen MR) is 95.4 cm³/mol. The normalized spacial score (nSPS) is 17.7. The molecule has 9 heteroatoms. The third kappa shape index (κ3) is 3.98. The van der Waals surface area contributed by atoms with E-state index in [-0.39, 0.29) is 44.5 Å². The number of rotatable bonds is 6. The largest absolute Gasteiger partial charge is 0.478 e. The molecule has 1 atom stereocenters. The number of carboxylic acid groups (broad SMARTS) is 1. The molecule has 1 aromatic carbocycles. The number of fused-ring (bicyclic) bond motifs is 1. The van der Waals surface area contributed by atoms with E-state index in [2.05, 4.69) is 4.98 Å². The lowest BCUT2D eigenvalue weighted by atomic mass is 10.0. The number of benzene rings is 1. The van der Waals surface area contributed by atoms with Crippen LogP contribution < -0.4 is 0 Å². The molecule has 140 valence electrons. The molecule has 1 unspecified atom stereocenters. The summed E-state index contributed by atoms with van der Waals surface area (Å²) in [5.74, 6) is -0.942. The lowest BCUT2D eigenvalue weighted by Crippen LogP contribution is -2.13. The Morgan fingerprint density at radius 1 is 1.46 bits per heavy atom. The van der Waals surface area contributed by atoms with E-state index in [1.807, 2.05) is 0 Å². The molecule has 0 bridgehead atoms. The molecule has 2 heterocycles. The predicted octanol–water partition coefficient (Wildman–Crippen LogP) is 2.54. The zero-order valence-electron chi connectivity index (χ0n) is 14.1. The monoisotopic (exact) mass is 399 g/mol. The molecule has 0 aliphatic carbocycles. The van der Waals surface area contributed by atoms with Crippen LogP contribution in [0, 0.1) is 5.92 Å². The molecule has 1 aliphatic heterocycles. The number of pyridine rings is 1. The fourth-order valence-electron chi connectivity index (χ4n) is 3.07. The third-order valence-electron chi connectivity index (χ3n) is 4.20. The third-order valence-corrected chi connectivity index (χ3v) is 5.63. The minimum atomic E-state index is -3.66. The number of hydrogen-bond donors (Lipinski definition) is 1. The van der Waals surface area contributed by atoms with E-state index in [0.29, 0.717) is 19.8 Å². The Morgan fingerprint density at radius 2 is 2.23 bits per heavy atom. The average Bonchev–Trinajstić information content (AvgIpc) is 3.05. The molecule has 7 nitrogen and oxygen atoms in total. The second-order valence-electron chi connectivity index (χ2n) is 6.28. The Kier molecular flexibility index (Phi) is 5.47.